The van der Waals surface area contributed by atoms with Crippen molar-refractivity contribution >= 4 is 50.9 Å². The number of hydrogen-bond donors (Lipinski definition) is 2. The summed E-state index contributed by atoms with van der Waals surface area (Å²) in [5.41, 5.74) is 1.53. The lowest BCUT2D eigenvalue weighted by Gasteiger charge is -2.32. The van der Waals surface area contributed by atoms with E-state index in [4.69, 9.17) is 0 Å². The van der Waals surface area contributed by atoms with Gasteiger partial charge in [0.1, 0.15) is 0 Å². The molecule has 1 saturated heterocycles. The molecule has 2 heterocycles. The topological polar surface area (TPSA) is 74.3 Å². The Morgan fingerprint density at radius 1 is 1.15 bits per heavy atom. The van der Waals surface area contributed by atoms with Crippen molar-refractivity contribution in [1.82, 2.24) is 15.2 Å². The quantitative estimate of drug-likeness (QED) is 0.259. The van der Waals surface area contributed by atoms with Crippen LogP contribution in [0.1, 0.15) is 60.4 Å². The molecule has 0 radical (unpaired) electrons. The normalized spacial score (nSPS) is 15.6. The van der Waals surface area contributed by atoms with Crippen molar-refractivity contribution in [2.24, 2.45) is 0 Å². The highest BCUT2D eigenvalue weighted by atomic mass is 127. The van der Waals surface area contributed by atoms with E-state index in [1.807, 2.05) is 28.7 Å². The molecule has 1 aliphatic rings. The van der Waals surface area contributed by atoms with Crippen LogP contribution in [0.3, 0.4) is 0 Å². The molecule has 2 aromatic carbocycles. The number of nitrogens with one attached hydrogen (secondary N) is 2. The van der Waals surface area contributed by atoms with E-state index in [2.05, 4.69) is 44.8 Å². The van der Waals surface area contributed by atoms with Gasteiger partial charge in [0.05, 0.1) is 17.2 Å². The van der Waals surface area contributed by atoms with Crippen LogP contribution in [0.15, 0.2) is 53.9 Å². The monoisotopic (exact) mass is 670 g/mol. The van der Waals surface area contributed by atoms with Crippen LogP contribution < -0.4 is 10.6 Å². The summed E-state index contributed by atoms with van der Waals surface area (Å²) in [6, 6.07) is 14.2. The third-order valence-electron chi connectivity index (χ3n) is 6.82. The average molecular weight is 671 g/mol. The van der Waals surface area contributed by atoms with Gasteiger partial charge in [0.25, 0.3) is 0 Å². The second-order valence-corrected chi connectivity index (χ2v) is 11.8. The largest absolute Gasteiger partial charge is 0.416 e. The molecule has 1 aromatic heterocycles. The molecule has 6 nitrogen and oxygen atoms in total. The second kappa shape index (κ2) is 13.2. The number of benzene rings is 2. The Hall–Kier alpha value is -2.51. The van der Waals surface area contributed by atoms with Crippen LogP contribution in [0.5, 0.6) is 0 Å². The molecule has 1 atom stereocenters. The van der Waals surface area contributed by atoms with E-state index < -0.39 is 17.7 Å². The first-order valence-corrected chi connectivity index (χ1v) is 14.7. The number of likely N-dealkylation sites (tertiary alicyclic amines) is 1. The van der Waals surface area contributed by atoms with Gasteiger partial charge in [-0.05, 0) is 96.7 Å². The fourth-order valence-corrected chi connectivity index (χ4v) is 6.37. The molecule has 39 heavy (non-hydrogen) atoms. The van der Waals surface area contributed by atoms with Crippen LogP contribution in [0.25, 0.3) is 0 Å². The molecule has 1 unspecified atom stereocenters. The molecule has 0 aliphatic carbocycles. The Labute approximate surface area is 243 Å². The van der Waals surface area contributed by atoms with Gasteiger partial charge in [-0.25, -0.2) is 4.98 Å². The van der Waals surface area contributed by atoms with Crippen LogP contribution >= 0.6 is 33.9 Å². The smallest absolute Gasteiger partial charge is 0.351 e. The summed E-state index contributed by atoms with van der Waals surface area (Å²) in [5, 5.41) is 7.63. The highest BCUT2D eigenvalue weighted by molar-refractivity contribution is 14.1. The van der Waals surface area contributed by atoms with E-state index in [9.17, 15) is 22.8 Å². The van der Waals surface area contributed by atoms with Gasteiger partial charge in [-0.1, -0.05) is 30.3 Å². The van der Waals surface area contributed by atoms with E-state index in [1.165, 1.54) is 23.8 Å². The first-order valence-electron chi connectivity index (χ1n) is 12.7. The average Bonchev–Trinajstić information content (AvgIpc) is 3.35. The second-order valence-electron chi connectivity index (χ2n) is 9.69. The summed E-state index contributed by atoms with van der Waals surface area (Å²) >= 11 is 3.09. The maximum atomic E-state index is 13.3. The molecule has 3 aromatic rings. The zero-order valence-corrected chi connectivity index (χ0v) is 24.4. The van der Waals surface area contributed by atoms with Gasteiger partial charge in [0.2, 0.25) is 11.8 Å². The van der Waals surface area contributed by atoms with Crippen molar-refractivity contribution in [3.05, 3.63) is 79.9 Å². The molecule has 4 rings (SSSR count). The molecule has 0 bridgehead atoms. The number of rotatable bonds is 9. The fraction of sp³-hybridized carbons (Fsp3) is 0.393. The number of halogens is 4. The van der Waals surface area contributed by atoms with Crippen molar-refractivity contribution in [2.45, 2.75) is 50.7 Å². The summed E-state index contributed by atoms with van der Waals surface area (Å²) in [5.74, 6) is -0.630. The number of hydrogen-bond acceptors (Lipinski definition) is 5. The van der Waals surface area contributed by atoms with Crippen molar-refractivity contribution < 1.29 is 22.8 Å². The summed E-state index contributed by atoms with van der Waals surface area (Å²) in [7, 11) is 0. The lowest BCUT2D eigenvalue weighted by atomic mass is 9.89. The van der Waals surface area contributed by atoms with E-state index in [1.54, 1.807) is 11.4 Å². The lowest BCUT2D eigenvalue weighted by Crippen LogP contribution is -2.36. The summed E-state index contributed by atoms with van der Waals surface area (Å²) in [6.45, 7) is 3.89. The number of anilines is 1. The summed E-state index contributed by atoms with van der Waals surface area (Å²) in [6.07, 6.45) is -1.88. The van der Waals surface area contributed by atoms with E-state index >= 15 is 0 Å². The van der Waals surface area contributed by atoms with Crippen LogP contribution in [-0.4, -0.2) is 41.3 Å². The number of carbonyl (C=O) groups excluding carboxylic acids is 2. The van der Waals surface area contributed by atoms with Crippen molar-refractivity contribution in [3.63, 3.8) is 0 Å². The van der Waals surface area contributed by atoms with Gasteiger partial charge >= 0.3 is 6.18 Å². The van der Waals surface area contributed by atoms with Crippen molar-refractivity contribution in [1.29, 1.82) is 0 Å². The van der Waals surface area contributed by atoms with Gasteiger partial charge in [0.15, 0.2) is 5.13 Å². The number of nitrogens with zero attached hydrogens (tertiary/aromatic N) is 2. The summed E-state index contributed by atoms with van der Waals surface area (Å²) < 4.78 is 40.2. The number of carbonyl (C=O) groups is 2. The Bertz CT molecular complexity index is 1280. The highest BCUT2D eigenvalue weighted by Gasteiger charge is 2.31. The SMILES string of the molecule is CC(=O)Nc1nc(C(CCN2CCC(c3ccccc3)CC2)C(=O)NCc2cc(I)cc(C(F)(F)F)c2)cs1. The van der Waals surface area contributed by atoms with E-state index in [-0.39, 0.29) is 18.4 Å². The third kappa shape index (κ3) is 8.49. The molecule has 2 amide bonds. The van der Waals surface area contributed by atoms with Crippen LogP contribution in [-0.2, 0) is 22.3 Å². The molecule has 1 aliphatic heterocycles. The van der Waals surface area contributed by atoms with Crippen molar-refractivity contribution in [3.8, 4) is 0 Å². The molecule has 208 valence electrons. The van der Waals surface area contributed by atoms with Crippen LogP contribution in [0.4, 0.5) is 18.3 Å². The third-order valence-corrected chi connectivity index (χ3v) is 8.22. The zero-order chi connectivity index (χ0) is 28.0. The first-order chi connectivity index (χ1) is 18.6. The predicted octanol–water partition coefficient (Wildman–Crippen LogP) is 6.39. The minimum absolute atomic E-state index is 0.0274. The van der Waals surface area contributed by atoms with Gasteiger partial charge in [0, 0.05) is 22.4 Å². The maximum Gasteiger partial charge on any atom is 0.416 e. The molecule has 1 fully saturated rings. The van der Waals surface area contributed by atoms with Gasteiger partial charge in [-0.15, -0.1) is 11.3 Å². The number of thiazole rings is 1. The molecule has 0 saturated carbocycles. The lowest BCUT2D eigenvalue weighted by molar-refractivity contribution is -0.137. The number of aromatic nitrogens is 1. The van der Waals surface area contributed by atoms with Gasteiger partial charge < -0.3 is 15.5 Å². The molecule has 2 N–H and O–H groups in total. The molecular weight excluding hydrogens is 640 g/mol. The standard InChI is InChI=1S/C28H30F3IN4O2S/c1-18(37)34-27-35-25(17-39-27)24(9-12-36-10-7-21(8-11-36)20-5-3-2-4-6-20)26(38)33-16-19-13-22(28(29,30)31)15-23(32)14-19/h2-6,13-15,17,21,24H,7-12,16H2,1H3,(H,33,38)(H,34,35,37). The number of piperidine rings is 1. The Morgan fingerprint density at radius 2 is 1.87 bits per heavy atom. The van der Waals surface area contributed by atoms with Crippen molar-refractivity contribution in [2.75, 3.05) is 25.0 Å². The van der Waals surface area contributed by atoms with Gasteiger partial charge in [-0.2, -0.15) is 13.2 Å². The Balaban J connectivity index is 1.42. The predicted molar refractivity (Wildman–Crippen MR) is 155 cm³/mol. The fourth-order valence-electron chi connectivity index (χ4n) is 4.82. The maximum absolute atomic E-state index is 13.3. The Morgan fingerprint density at radius 3 is 2.54 bits per heavy atom. The number of amides is 2. The molecule has 0 spiro atoms. The zero-order valence-electron chi connectivity index (χ0n) is 21.4. The minimum Gasteiger partial charge on any atom is -0.351 e. The van der Waals surface area contributed by atoms with E-state index in [0.29, 0.717) is 38.8 Å². The summed E-state index contributed by atoms with van der Waals surface area (Å²) in [4.78, 5) is 31.6. The van der Waals surface area contributed by atoms with E-state index in [0.717, 1.165) is 38.1 Å². The van der Waals surface area contributed by atoms with Gasteiger partial charge in [-0.3, -0.25) is 9.59 Å². The number of alkyl halides is 3. The first kappa shape index (κ1) is 29.5. The molecular formula is C28H30F3IN4O2S. The molecule has 11 heteroatoms. The van der Waals surface area contributed by atoms with Crippen LogP contribution in [0, 0.1) is 3.57 Å². The Kier molecular flexibility index (Phi) is 10.00. The van der Waals surface area contributed by atoms with Crippen LogP contribution in [0.2, 0.25) is 0 Å². The minimum atomic E-state index is -4.46. The highest BCUT2D eigenvalue weighted by Crippen LogP contribution is 2.32.